The smallest absolute Gasteiger partial charge is 0.306 e. The zero-order valence-corrected chi connectivity index (χ0v) is 37.6. The van der Waals surface area contributed by atoms with Crippen LogP contribution in [0.1, 0.15) is 110 Å². The summed E-state index contributed by atoms with van der Waals surface area (Å²) in [5.74, 6) is -1.12. The van der Waals surface area contributed by atoms with Gasteiger partial charge in [-0.15, -0.1) is 0 Å². The summed E-state index contributed by atoms with van der Waals surface area (Å²) < 4.78 is 33.6. The molecule has 0 spiro atoms. The van der Waals surface area contributed by atoms with E-state index in [0.717, 1.165) is 57.8 Å². The number of nitrogens with zero attached hydrogens (tertiary/aromatic N) is 1. The summed E-state index contributed by atoms with van der Waals surface area (Å²) >= 11 is 0. The molecule has 0 aromatic rings. The van der Waals surface area contributed by atoms with E-state index < -0.39 is 38.6 Å². The van der Waals surface area contributed by atoms with Gasteiger partial charge in [-0.3, -0.25) is 14.2 Å². The van der Waals surface area contributed by atoms with Gasteiger partial charge in [-0.1, -0.05) is 135 Å². The fraction of sp³-hybridized carbons (Fsp3) is 0.542. The number of ether oxygens (including phenoxy) is 2. The number of unbranched alkanes of at least 4 members (excludes halogenated alkanes) is 1. The van der Waals surface area contributed by atoms with Gasteiger partial charge in [-0.2, -0.15) is 0 Å². The number of hydrogen-bond acceptors (Lipinski definition) is 9. The Bertz CT molecular complexity index is 1430. The van der Waals surface area contributed by atoms with Gasteiger partial charge < -0.3 is 33.0 Å². The van der Waals surface area contributed by atoms with Crippen LogP contribution in [0.4, 0.5) is 0 Å². The molecule has 59 heavy (non-hydrogen) atoms. The molecular formula is C48H76NO9P. The van der Waals surface area contributed by atoms with Crippen molar-refractivity contribution in [2.24, 2.45) is 0 Å². The van der Waals surface area contributed by atoms with Crippen LogP contribution in [-0.2, 0) is 32.7 Å². The molecule has 0 aliphatic carbocycles. The van der Waals surface area contributed by atoms with Crippen molar-refractivity contribution in [3.63, 3.8) is 0 Å². The Morgan fingerprint density at radius 3 is 1.61 bits per heavy atom. The standard InChI is InChI=1S/C48H76NO9P/c1-6-8-10-12-14-16-18-20-21-22-23-25-27-29-31-33-35-39-48(52)58-46(44-57-59(53,54)56-42-41-49(3,4)5)43-55-47(51)40-36-38-45(50)37-34-32-30-28-26-24-19-17-15-13-11-9-7-2/h8-11,14-17,20-21,23-26,29-32,34,37,45-46,50H,6-7,12-13,18-19,22,27-28,33,35-36,38-44H2,1-5H3/b10-8-,11-9-,16-14-,17-15-,21-20-,25-23-,26-24-,31-29-,32-30-,37-34+/t45?,46-/m1/s1. The largest absolute Gasteiger partial charge is 0.756 e. The van der Waals surface area contributed by atoms with Crippen LogP contribution in [-0.4, -0.2) is 81.2 Å². The molecule has 0 aliphatic rings. The fourth-order valence-corrected chi connectivity index (χ4v) is 5.50. The first kappa shape index (κ1) is 55.4. The number of likely N-dealkylation sites (N-methyl/N-ethyl adjacent to an activating group) is 1. The summed E-state index contributed by atoms with van der Waals surface area (Å²) in [6.07, 6.45) is 49.9. The monoisotopic (exact) mass is 842 g/mol. The molecule has 11 heteroatoms. The van der Waals surface area contributed by atoms with Crippen LogP contribution in [0.2, 0.25) is 0 Å². The SMILES string of the molecule is CC/C=C\C/C=C\C/C=C\C/C=C\C=C\C(O)CCCC(=O)OC[C@H](COP(=O)([O-])OCC[N+](C)(C)C)OC(=O)CCC/C=C\C/C=C\C/C=C\C/C=C\C/C=C\CC. The van der Waals surface area contributed by atoms with E-state index in [2.05, 4.69) is 98.9 Å². The van der Waals surface area contributed by atoms with Gasteiger partial charge in [0.05, 0.1) is 33.9 Å². The van der Waals surface area contributed by atoms with Crippen molar-refractivity contribution < 1.29 is 47.2 Å². The maximum absolute atomic E-state index is 12.7. The minimum Gasteiger partial charge on any atom is -0.756 e. The second-order valence-corrected chi connectivity index (χ2v) is 16.2. The summed E-state index contributed by atoms with van der Waals surface area (Å²) in [6.45, 7) is 3.66. The summed E-state index contributed by atoms with van der Waals surface area (Å²) in [5.41, 5.74) is 0. The van der Waals surface area contributed by atoms with Crippen LogP contribution in [0.25, 0.3) is 0 Å². The molecule has 0 rings (SSSR count). The minimum absolute atomic E-state index is 0.0257. The highest BCUT2D eigenvalue weighted by Gasteiger charge is 2.21. The van der Waals surface area contributed by atoms with E-state index in [1.54, 1.807) is 12.2 Å². The number of esters is 2. The Morgan fingerprint density at radius 2 is 1.10 bits per heavy atom. The number of rotatable bonds is 36. The van der Waals surface area contributed by atoms with E-state index in [0.29, 0.717) is 36.7 Å². The van der Waals surface area contributed by atoms with E-state index in [4.69, 9.17) is 18.5 Å². The first-order valence-corrected chi connectivity index (χ1v) is 22.8. The highest BCUT2D eigenvalue weighted by molar-refractivity contribution is 7.45. The van der Waals surface area contributed by atoms with Gasteiger partial charge in [0.15, 0.2) is 6.10 Å². The summed E-state index contributed by atoms with van der Waals surface area (Å²) in [6, 6.07) is 0. The van der Waals surface area contributed by atoms with E-state index in [-0.39, 0.29) is 26.1 Å². The van der Waals surface area contributed by atoms with Crippen LogP contribution in [0.15, 0.2) is 122 Å². The van der Waals surface area contributed by atoms with Gasteiger partial charge in [-0.05, 0) is 83.5 Å². The number of carbonyl (C=O) groups excluding carboxylic acids is 2. The van der Waals surface area contributed by atoms with Crippen molar-refractivity contribution in [2.75, 3.05) is 47.5 Å². The van der Waals surface area contributed by atoms with Crippen molar-refractivity contribution in [3.8, 4) is 0 Å². The lowest BCUT2D eigenvalue weighted by Crippen LogP contribution is -2.37. The van der Waals surface area contributed by atoms with Crippen LogP contribution < -0.4 is 4.89 Å². The molecule has 3 atom stereocenters. The molecule has 332 valence electrons. The molecule has 0 amide bonds. The topological polar surface area (TPSA) is 131 Å². The maximum Gasteiger partial charge on any atom is 0.306 e. The average Bonchev–Trinajstić information content (AvgIpc) is 3.18. The zero-order valence-electron chi connectivity index (χ0n) is 36.7. The lowest BCUT2D eigenvalue weighted by atomic mass is 10.1. The molecule has 2 unspecified atom stereocenters. The number of allylic oxidation sites excluding steroid dienone is 19. The minimum atomic E-state index is -4.70. The van der Waals surface area contributed by atoms with Crippen LogP contribution in [0, 0.1) is 0 Å². The number of phosphoric ester groups is 1. The molecule has 0 aromatic heterocycles. The summed E-state index contributed by atoms with van der Waals surface area (Å²) in [5, 5.41) is 10.3. The Kier molecular flexibility index (Phi) is 36.2. The predicted molar refractivity (Wildman–Crippen MR) is 241 cm³/mol. The molecule has 0 saturated heterocycles. The van der Waals surface area contributed by atoms with Crippen LogP contribution >= 0.6 is 7.82 Å². The quantitative estimate of drug-likeness (QED) is 0.0164. The Balaban J connectivity index is 4.70. The molecule has 0 aliphatic heterocycles. The average molecular weight is 842 g/mol. The first-order chi connectivity index (χ1) is 28.4. The third-order valence-corrected chi connectivity index (χ3v) is 9.05. The third-order valence-electron chi connectivity index (χ3n) is 8.08. The van der Waals surface area contributed by atoms with Gasteiger partial charge in [0.25, 0.3) is 7.82 Å². The van der Waals surface area contributed by atoms with E-state index in [1.165, 1.54) is 0 Å². The highest BCUT2D eigenvalue weighted by atomic mass is 31.2. The van der Waals surface area contributed by atoms with Crippen molar-refractivity contribution in [1.82, 2.24) is 0 Å². The highest BCUT2D eigenvalue weighted by Crippen LogP contribution is 2.38. The molecule has 0 fully saturated rings. The lowest BCUT2D eigenvalue weighted by Gasteiger charge is -2.28. The predicted octanol–water partition coefficient (Wildman–Crippen LogP) is 10.5. The number of hydrogen-bond donors (Lipinski definition) is 1. The number of aliphatic hydroxyl groups excluding tert-OH is 1. The van der Waals surface area contributed by atoms with E-state index in [1.807, 2.05) is 45.4 Å². The number of quaternary nitrogens is 1. The lowest BCUT2D eigenvalue weighted by molar-refractivity contribution is -0.870. The third kappa shape index (κ3) is 42.3. The number of phosphoric acid groups is 1. The van der Waals surface area contributed by atoms with E-state index in [9.17, 15) is 24.2 Å². The normalized spacial score (nSPS) is 15.3. The first-order valence-electron chi connectivity index (χ1n) is 21.4. The maximum atomic E-state index is 12.7. The molecule has 10 nitrogen and oxygen atoms in total. The number of aliphatic hydroxyl groups is 1. The molecule has 0 bridgehead atoms. The molecule has 0 radical (unpaired) electrons. The molecule has 0 heterocycles. The van der Waals surface area contributed by atoms with Crippen molar-refractivity contribution in [2.45, 2.75) is 122 Å². The number of carbonyl (C=O) groups is 2. The summed E-state index contributed by atoms with van der Waals surface area (Å²) in [7, 11) is 1.00. The molecule has 1 N–H and O–H groups in total. The second-order valence-electron chi connectivity index (χ2n) is 14.8. The van der Waals surface area contributed by atoms with Gasteiger partial charge in [0, 0.05) is 12.8 Å². The van der Waals surface area contributed by atoms with E-state index >= 15 is 0 Å². The van der Waals surface area contributed by atoms with Crippen LogP contribution in [0.5, 0.6) is 0 Å². The molecule has 0 saturated carbocycles. The van der Waals surface area contributed by atoms with Crippen molar-refractivity contribution >= 4 is 19.8 Å². The van der Waals surface area contributed by atoms with Gasteiger partial charge in [-0.25, -0.2) is 0 Å². The Morgan fingerprint density at radius 1 is 0.627 bits per heavy atom. The Hall–Kier alpha value is -3.63. The van der Waals surface area contributed by atoms with Gasteiger partial charge >= 0.3 is 11.9 Å². The Labute approximate surface area is 357 Å². The fourth-order valence-electron chi connectivity index (χ4n) is 4.77. The van der Waals surface area contributed by atoms with Crippen molar-refractivity contribution in [1.29, 1.82) is 0 Å². The van der Waals surface area contributed by atoms with Crippen LogP contribution in [0.3, 0.4) is 0 Å². The molecule has 0 aromatic carbocycles. The summed E-state index contributed by atoms with van der Waals surface area (Å²) in [4.78, 5) is 37.5. The van der Waals surface area contributed by atoms with Crippen molar-refractivity contribution in [3.05, 3.63) is 122 Å². The second kappa shape index (κ2) is 38.6. The molecular weight excluding hydrogens is 765 g/mol. The van der Waals surface area contributed by atoms with Gasteiger partial charge in [0.2, 0.25) is 0 Å². The zero-order chi connectivity index (χ0) is 43.7. The van der Waals surface area contributed by atoms with Gasteiger partial charge in [0.1, 0.15) is 19.8 Å².